The molecule has 0 fully saturated rings. The highest BCUT2D eigenvalue weighted by Crippen LogP contribution is 2.25. The van der Waals surface area contributed by atoms with E-state index in [1.165, 1.54) is 5.56 Å². The summed E-state index contributed by atoms with van der Waals surface area (Å²) in [4.78, 5) is 11.7. The summed E-state index contributed by atoms with van der Waals surface area (Å²) in [6.45, 7) is 5.49. The molecule has 1 aromatic rings. The predicted molar refractivity (Wildman–Crippen MR) is 83.5 cm³/mol. The summed E-state index contributed by atoms with van der Waals surface area (Å²) < 4.78 is 10.8. The highest BCUT2D eigenvalue weighted by atomic mass is 16.5. The second-order valence-corrected chi connectivity index (χ2v) is 5.19. The average Bonchev–Trinajstić information content (AvgIpc) is 2.49. The number of para-hydroxylation sites is 1. The number of rotatable bonds is 9. The Hall–Kier alpha value is -1.59. The molecule has 0 heterocycles. The van der Waals surface area contributed by atoms with Crippen LogP contribution in [0.5, 0.6) is 5.75 Å². The number of benzene rings is 1. The number of nitrogens with one attached hydrogen (secondary N) is 1. The van der Waals surface area contributed by atoms with Crippen molar-refractivity contribution in [2.24, 2.45) is 5.73 Å². The summed E-state index contributed by atoms with van der Waals surface area (Å²) in [6, 6.07) is 7.96. The fourth-order valence-corrected chi connectivity index (χ4v) is 1.98. The molecule has 5 nitrogen and oxygen atoms in total. The maximum atomic E-state index is 11.7. The van der Waals surface area contributed by atoms with Gasteiger partial charge in [0.05, 0.1) is 19.1 Å². The molecule has 0 saturated heterocycles. The van der Waals surface area contributed by atoms with Crippen LogP contribution >= 0.6 is 0 Å². The summed E-state index contributed by atoms with van der Waals surface area (Å²) in [5.41, 5.74) is 6.65. The van der Waals surface area contributed by atoms with E-state index >= 15 is 0 Å². The third-order valence-corrected chi connectivity index (χ3v) is 3.23. The van der Waals surface area contributed by atoms with Gasteiger partial charge in [0.2, 0.25) is 5.91 Å². The van der Waals surface area contributed by atoms with Gasteiger partial charge in [-0.05, 0) is 17.5 Å². The molecule has 0 aliphatic rings. The van der Waals surface area contributed by atoms with E-state index in [0.717, 1.165) is 5.75 Å². The van der Waals surface area contributed by atoms with Crippen LogP contribution in [0.15, 0.2) is 24.3 Å². The third-order valence-electron chi connectivity index (χ3n) is 3.23. The van der Waals surface area contributed by atoms with E-state index in [2.05, 4.69) is 25.2 Å². The SMILES string of the molecule is COC(CN)CC(=O)NCCOc1ccccc1C(C)C. The normalized spacial score (nSPS) is 12.2. The van der Waals surface area contributed by atoms with Crippen LogP contribution in [-0.2, 0) is 9.53 Å². The van der Waals surface area contributed by atoms with Gasteiger partial charge in [0.1, 0.15) is 12.4 Å². The van der Waals surface area contributed by atoms with Gasteiger partial charge in [0.25, 0.3) is 0 Å². The summed E-state index contributed by atoms with van der Waals surface area (Å²) >= 11 is 0. The molecule has 0 aromatic heterocycles. The van der Waals surface area contributed by atoms with Gasteiger partial charge in [-0.3, -0.25) is 4.79 Å². The number of ether oxygens (including phenoxy) is 2. The second-order valence-electron chi connectivity index (χ2n) is 5.19. The zero-order chi connectivity index (χ0) is 15.7. The first-order valence-electron chi connectivity index (χ1n) is 7.29. The van der Waals surface area contributed by atoms with Gasteiger partial charge in [-0.25, -0.2) is 0 Å². The van der Waals surface area contributed by atoms with Crippen LogP contribution in [0.4, 0.5) is 0 Å². The first kappa shape index (κ1) is 17.5. The van der Waals surface area contributed by atoms with Crippen molar-refractivity contribution in [2.75, 3.05) is 26.8 Å². The lowest BCUT2D eigenvalue weighted by Crippen LogP contribution is -2.34. The largest absolute Gasteiger partial charge is 0.491 e. The molecule has 21 heavy (non-hydrogen) atoms. The van der Waals surface area contributed by atoms with E-state index in [-0.39, 0.29) is 18.4 Å². The lowest BCUT2D eigenvalue weighted by atomic mass is 10.0. The highest BCUT2D eigenvalue weighted by Gasteiger charge is 2.11. The number of hydrogen-bond donors (Lipinski definition) is 2. The molecule has 118 valence electrons. The molecule has 3 N–H and O–H groups in total. The van der Waals surface area contributed by atoms with Crippen LogP contribution in [0.3, 0.4) is 0 Å². The van der Waals surface area contributed by atoms with Gasteiger partial charge in [-0.1, -0.05) is 32.0 Å². The van der Waals surface area contributed by atoms with Gasteiger partial charge in [-0.15, -0.1) is 0 Å². The lowest BCUT2D eigenvalue weighted by molar-refractivity contribution is -0.123. The van der Waals surface area contributed by atoms with Crippen molar-refractivity contribution in [3.63, 3.8) is 0 Å². The molecule has 0 radical (unpaired) electrons. The number of carbonyl (C=O) groups excluding carboxylic acids is 1. The highest BCUT2D eigenvalue weighted by molar-refractivity contribution is 5.76. The van der Waals surface area contributed by atoms with Crippen LogP contribution in [0.1, 0.15) is 31.7 Å². The quantitative estimate of drug-likeness (QED) is 0.679. The molecule has 0 aliphatic heterocycles. The Kier molecular flexibility index (Phi) is 7.79. The van der Waals surface area contributed by atoms with Crippen LogP contribution in [0.25, 0.3) is 0 Å². The number of methoxy groups -OCH3 is 1. The molecule has 0 bridgehead atoms. The molecule has 0 saturated carbocycles. The molecule has 1 atom stereocenters. The van der Waals surface area contributed by atoms with Crippen LogP contribution in [0, 0.1) is 0 Å². The average molecular weight is 294 g/mol. The molecule has 1 rings (SSSR count). The molecular formula is C16H26N2O3. The van der Waals surface area contributed by atoms with Gasteiger partial charge >= 0.3 is 0 Å². The van der Waals surface area contributed by atoms with Gasteiger partial charge < -0.3 is 20.5 Å². The predicted octanol–water partition coefficient (Wildman–Crippen LogP) is 1.67. The van der Waals surface area contributed by atoms with E-state index < -0.39 is 0 Å². The van der Waals surface area contributed by atoms with E-state index in [1.54, 1.807) is 7.11 Å². The summed E-state index contributed by atoms with van der Waals surface area (Å²) in [6.07, 6.45) is 0.0443. The summed E-state index contributed by atoms with van der Waals surface area (Å²) in [5, 5.41) is 2.80. The van der Waals surface area contributed by atoms with E-state index in [4.69, 9.17) is 15.2 Å². The number of hydrogen-bond acceptors (Lipinski definition) is 4. The Morgan fingerprint density at radius 2 is 2.05 bits per heavy atom. The van der Waals surface area contributed by atoms with Crippen molar-refractivity contribution in [3.8, 4) is 5.75 Å². The maximum absolute atomic E-state index is 11.7. The Bertz CT molecular complexity index is 431. The Labute approximate surface area is 126 Å². The zero-order valence-corrected chi connectivity index (χ0v) is 13.1. The number of carbonyl (C=O) groups is 1. The number of amides is 1. The molecule has 1 amide bonds. The fourth-order valence-electron chi connectivity index (χ4n) is 1.98. The first-order chi connectivity index (χ1) is 10.1. The zero-order valence-electron chi connectivity index (χ0n) is 13.1. The second kappa shape index (κ2) is 9.37. The lowest BCUT2D eigenvalue weighted by Gasteiger charge is -2.15. The molecule has 0 spiro atoms. The van der Waals surface area contributed by atoms with Gasteiger partial charge in [-0.2, -0.15) is 0 Å². The standard InChI is InChI=1S/C16H26N2O3/c1-12(2)14-6-4-5-7-15(14)21-9-8-18-16(19)10-13(11-17)20-3/h4-7,12-13H,8-11,17H2,1-3H3,(H,18,19). The Morgan fingerprint density at radius 3 is 2.67 bits per heavy atom. The van der Waals surface area contributed by atoms with Crippen molar-refractivity contribution in [1.29, 1.82) is 0 Å². The van der Waals surface area contributed by atoms with Gasteiger partial charge in [0.15, 0.2) is 0 Å². The third kappa shape index (κ3) is 6.14. The summed E-state index contributed by atoms with van der Waals surface area (Å²) in [7, 11) is 1.55. The molecular weight excluding hydrogens is 268 g/mol. The molecule has 1 unspecified atom stereocenters. The van der Waals surface area contributed by atoms with E-state index in [0.29, 0.717) is 25.6 Å². The first-order valence-corrected chi connectivity index (χ1v) is 7.29. The van der Waals surface area contributed by atoms with Crippen LogP contribution in [-0.4, -0.2) is 38.8 Å². The fraction of sp³-hybridized carbons (Fsp3) is 0.562. The molecule has 1 aromatic carbocycles. The maximum Gasteiger partial charge on any atom is 0.222 e. The number of nitrogens with two attached hydrogens (primary N) is 1. The van der Waals surface area contributed by atoms with Crippen molar-refractivity contribution in [2.45, 2.75) is 32.3 Å². The van der Waals surface area contributed by atoms with Crippen LogP contribution in [0.2, 0.25) is 0 Å². The summed E-state index contributed by atoms with van der Waals surface area (Å²) in [5.74, 6) is 1.20. The van der Waals surface area contributed by atoms with E-state index in [9.17, 15) is 4.79 Å². The van der Waals surface area contributed by atoms with Gasteiger partial charge in [0, 0.05) is 13.7 Å². The smallest absolute Gasteiger partial charge is 0.222 e. The minimum atomic E-state index is -0.229. The minimum absolute atomic E-state index is 0.0759. The van der Waals surface area contributed by atoms with Crippen LogP contribution < -0.4 is 15.8 Å². The molecule has 0 aliphatic carbocycles. The Morgan fingerprint density at radius 1 is 1.33 bits per heavy atom. The van der Waals surface area contributed by atoms with Crippen molar-refractivity contribution >= 4 is 5.91 Å². The minimum Gasteiger partial charge on any atom is -0.491 e. The monoisotopic (exact) mass is 294 g/mol. The van der Waals surface area contributed by atoms with Crippen molar-refractivity contribution < 1.29 is 14.3 Å². The Balaban J connectivity index is 2.33. The van der Waals surface area contributed by atoms with Crippen molar-refractivity contribution in [1.82, 2.24) is 5.32 Å². The molecule has 5 heteroatoms. The van der Waals surface area contributed by atoms with Crippen molar-refractivity contribution in [3.05, 3.63) is 29.8 Å². The topological polar surface area (TPSA) is 73.6 Å². The van der Waals surface area contributed by atoms with E-state index in [1.807, 2.05) is 18.2 Å².